The molecule has 0 aliphatic rings. The first-order valence-corrected chi connectivity index (χ1v) is 4.84. The molecule has 5 N–H and O–H groups in total. The molecule has 0 amide bonds. The summed E-state index contributed by atoms with van der Waals surface area (Å²) in [7, 11) is 0. The molecule has 0 saturated heterocycles. The van der Waals surface area contributed by atoms with E-state index in [0.717, 1.165) is 11.3 Å². The molecule has 0 radical (unpaired) electrons. The summed E-state index contributed by atoms with van der Waals surface area (Å²) >= 11 is 11.3. The van der Waals surface area contributed by atoms with E-state index in [1.165, 1.54) is 11.3 Å². The van der Waals surface area contributed by atoms with Crippen molar-refractivity contribution in [2.24, 2.45) is 16.8 Å². The van der Waals surface area contributed by atoms with Crippen LogP contribution in [0.3, 0.4) is 0 Å². The van der Waals surface area contributed by atoms with Crippen molar-refractivity contribution in [3.05, 3.63) is 28.8 Å². The minimum atomic E-state index is 0.434. The normalized spacial score (nSPS) is 10.9. The lowest BCUT2D eigenvalue weighted by atomic mass is 10.2. The molecule has 82 valence electrons. The Morgan fingerprint density at radius 1 is 1.53 bits per heavy atom. The van der Waals surface area contributed by atoms with Crippen LogP contribution < -0.4 is 21.5 Å². The van der Waals surface area contributed by atoms with Gasteiger partial charge in [0, 0.05) is 11.6 Å². The van der Waals surface area contributed by atoms with Crippen molar-refractivity contribution < 1.29 is 0 Å². The quantitative estimate of drug-likeness (QED) is 0.245. The molecule has 0 saturated carbocycles. The molecule has 0 aliphatic carbocycles. The predicted octanol–water partition coefficient (Wildman–Crippen LogP) is 1.17. The van der Waals surface area contributed by atoms with Crippen molar-refractivity contribution >= 4 is 35.4 Å². The molecular formula is C8H11Cl2N5. The van der Waals surface area contributed by atoms with Crippen LogP contribution >= 0.6 is 23.4 Å². The maximum Gasteiger partial charge on any atom is 0.129 e. The monoisotopic (exact) mass is 247 g/mol. The van der Waals surface area contributed by atoms with Crippen LogP contribution in [0.1, 0.15) is 5.56 Å². The topological polar surface area (TPSA) is 79.7 Å². The van der Waals surface area contributed by atoms with Crippen molar-refractivity contribution in [3.63, 3.8) is 0 Å². The van der Waals surface area contributed by atoms with E-state index >= 15 is 0 Å². The number of hydrogen-bond donors (Lipinski definition) is 3. The molecule has 15 heavy (non-hydrogen) atoms. The number of hydrazine groups is 1. The Kier molecular flexibility index (Phi) is 4.64. The second-order valence-corrected chi connectivity index (χ2v) is 3.46. The van der Waals surface area contributed by atoms with Crippen molar-refractivity contribution in [2.75, 3.05) is 5.01 Å². The Hall–Kier alpha value is -1.01. The van der Waals surface area contributed by atoms with Crippen LogP contribution in [0.25, 0.3) is 0 Å². The van der Waals surface area contributed by atoms with E-state index in [4.69, 9.17) is 35.1 Å². The predicted molar refractivity (Wildman–Crippen MR) is 63.5 cm³/mol. The van der Waals surface area contributed by atoms with Crippen LogP contribution in [-0.4, -0.2) is 6.34 Å². The van der Waals surface area contributed by atoms with Crippen LogP contribution in [0.4, 0.5) is 5.69 Å². The summed E-state index contributed by atoms with van der Waals surface area (Å²) in [5.74, 6) is 10.7. The number of halogens is 2. The summed E-state index contributed by atoms with van der Waals surface area (Å²) in [4.78, 5) is 2.50. The summed E-state index contributed by atoms with van der Waals surface area (Å²) in [6.45, 7) is 0.434. The van der Waals surface area contributed by atoms with Gasteiger partial charge >= 0.3 is 0 Å². The Morgan fingerprint density at radius 2 is 2.27 bits per heavy atom. The Bertz CT molecular complexity index is 355. The second-order valence-electron chi connectivity index (χ2n) is 2.76. The zero-order chi connectivity index (χ0) is 11.3. The number of anilines is 1. The summed E-state index contributed by atoms with van der Waals surface area (Å²) in [6, 6.07) is 5.24. The molecular weight excluding hydrogens is 237 g/mol. The fraction of sp³-hybridized carbons (Fsp3) is 0.125. The van der Waals surface area contributed by atoms with Crippen molar-refractivity contribution in [1.82, 2.24) is 4.84 Å². The summed E-state index contributed by atoms with van der Waals surface area (Å²) in [5.41, 5.74) is 1.57. The number of nitrogens with zero attached hydrogens (tertiary/aromatic N) is 2. The maximum atomic E-state index is 5.85. The molecule has 0 bridgehead atoms. The number of rotatable bonds is 4. The zero-order valence-corrected chi connectivity index (χ0v) is 9.33. The van der Waals surface area contributed by atoms with E-state index in [2.05, 4.69) is 9.94 Å². The minimum Gasteiger partial charge on any atom is -0.322 e. The van der Waals surface area contributed by atoms with Crippen LogP contribution in [0.2, 0.25) is 5.02 Å². The van der Waals surface area contributed by atoms with Crippen molar-refractivity contribution in [2.45, 2.75) is 6.54 Å². The molecule has 1 aromatic carbocycles. The van der Waals surface area contributed by atoms with Gasteiger partial charge in [0.05, 0.1) is 5.69 Å². The van der Waals surface area contributed by atoms with Crippen LogP contribution in [-0.2, 0) is 6.54 Å². The van der Waals surface area contributed by atoms with Gasteiger partial charge < -0.3 is 5.84 Å². The molecule has 1 rings (SSSR count). The fourth-order valence-corrected chi connectivity index (χ4v) is 1.49. The molecule has 0 unspecified atom stereocenters. The van der Waals surface area contributed by atoms with E-state index < -0.39 is 0 Å². The van der Waals surface area contributed by atoms with E-state index in [9.17, 15) is 0 Å². The SMILES string of the molecule is N/N=C\N(N)c1ccc(Cl)cc1CNCl. The van der Waals surface area contributed by atoms with Crippen LogP contribution in [0.5, 0.6) is 0 Å². The Labute approximate surface area is 97.7 Å². The molecule has 0 atom stereocenters. The van der Waals surface area contributed by atoms with Gasteiger partial charge in [-0.05, 0) is 35.5 Å². The molecule has 7 heteroatoms. The number of nitrogens with one attached hydrogen (secondary N) is 1. The molecule has 0 heterocycles. The highest BCUT2D eigenvalue weighted by atomic mass is 35.5. The van der Waals surface area contributed by atoms with Crippen molar-refractivity contribution in [3.8, 4) is 0 Å². The minimum absolute atomic E-state index is 0.434. The zero-order valence-electron chi connectivity index (χ0n) is 7.82. The lowest BCUT2D eigenvalue weighted by Gasteiger charge is -2.16. The molecule has 0 spiro atoms. The van der Waals surface area contributed by atoms with E-state index in [1.807, 2.05) is 0 Å². The fourth-order valence-electron chi connectivity index (χ4n) is 1.15. The van der Waals surface area contributed by atoms with Gasteiger partial charge in [-0.3, -0.25) is 5.01 Å². The first kappa shape index (κ1) is 12.1. The summed E-state index contributed by atoms with van der Waals surface area (Å²) < 4.78 is 0. The van der Waals surface area contributed by atoms with Gasteiger partial charge in [0.2, 0.25) is 0 Å². The van der Waals surface area contributed by atoms with Gasteiger partial charge in [-0.15, -0.1) is 0 Å². The van der Waals surface area contributed by atoms with E-state index in [0.29, 0.717) is 11.6 Å². The molecule has 5 nitrogen and oxygen atoms in total. The van der Waals surface area contributed by atoms with Crippen LogP contribution in [0.15, 0.2) is 23.3 Å². The maximum absolute atomic E-state index is 5.85. The lowest BCUT2D eigenvalue weighted by Crippen LogP contribution is -2.30. The standard InChI is InChI=1S/C8H11Cl2N5/c9-7-1-2-8(15(12)5-14-11)6(3-7)4-13-10/h1-3,5,13H,4,11-12H2/b14-5-. The van der Waals surface area contributed by atoms with E-state index in [1.54, 1.807) is 18.2 Å². The van der Waals surface area contributed by atoms with Gasteiger partial charge in [0.1, 0.15) is 6.34 Å². The average molecular weight is 248 g/mol. The molecule has 1 aromatic rings. The summed E-state index contributed by atoms with van der Waals surface area (Å²) in [5, 5.41) is 5.23. The third kappa shape index (κ3) is 3.24. The first-order valence-electron chi connectivity index (χ1n) is 4.08. The Balaban J connectivity index is 3.04. The van der Waals surface area contributed by atoms with Gasteiger partial charge in [-0.1, -0.05) is 11.6 Å². The van der Waals surface area contributed by atoms with Crippen molar-refractivity contribution in [1.29, 1.82) is 0 Å². The first-order chi connectivity index (χ1) is 7.19. The molecule has 0 aromatic heterocycles. The second kappa shape index (κ2) is 5.77. The Morgan fingerprint density at radius 3 is 2.87 bits per heavy atom. The lowest BCUT2D eigenvalue weighted by molar-refractivity contribution is 0.951. The number of nitrogens with two attached hydrogens (primary N) is 2. The third-order valence-electron chi connectivity index (χ3n) is 1.77. The van der Waals surface area contributed by atoms with E-state index in [-0.39, 0.29) is 0 Å². The molecule has 0 aliphatic heterocycles. The van der Waals surface area contributed by atoms with Gasteiger partial charge in [0.15, 0.2) is 0 Å². The highest BCUT2D eigenvalue weighted by Crippen LogP contribution is 2.22. The smallest absolute Gasteiger partial charge is 0.129 e. The number of benzene rings is 1. The van der Waals surface area contributed by atoms with Crippen LogP contribution in [0, 0.1) is 0 Å². The summed E-state index contributed by atoms with van der Waals surface area (Å²) in [6.07, 6.45) is 1.29. The van der Waals surface area contributed by atoms with Gasteiger partial charge in [-0.2, -0.15) is 5.10 Å². The highest BCUT2D eigenvalue weighted by molar-refractivity contribution is 6.30. The number of hydrogen-bond acceptors (Lipinski definition) is 4. The third-order valence-corrected chi connectivity index (χ3v) is 2.14. The average Bonchev–Trinajstić information content (AvgIpc) is 2.18. The molecule has 0 fully saturated rings. The van der Waals surface area contributed by atoms with Gasteiger partial charge in [-0.25, -0.2) is 10.7 Å². The number of hydrazone groups is 1. The van der Waals surface area contributed by atoms with Gasteiger partial charge in [0.25, 0.3) is 0 Å². The largest absolute Gasteiger partial charge is 0.322 e. The highest BCUT2D eigenvalue weighted by Gasteiger charge is 2.06.